The van der Waals surface area contributed by atoms with Gasteiger partial charge in [-0.05, 0) is 30.2 Å². The van der Waals surface area contributed by atoms with Crippen molar-refractivity contribution in [2.75, 3.05) is 13.7 Å². The molecule has 2 aromatic carbocycles. The molecule has 0 saturated heterocycles. The van der Waals surface area contributed by atoms with Crippen molar-refractivity contribution < 1.29 is 17.9 Å². The molecule has 0 radical (unpaired) electrons. The maximum atomic E-state index is 13.4. The minimum absolute atomic E-state index is 0.00356. The number of aryl methyl sites for hydroxylation is 1. The molecule has 0 spiro atoms. The summed E-state index contributed by atoms with van der Waals surface area (Å²) in [6.07, 6.45) is -1.74. The molecule has 0 aliphatic carbocycles. The van der Waals surface area contributed by atoms with Crippen molar-refractivity contribution in [3.05, 3.63) is 80.7 Å². The van der Waals surface area contributed by atoms with Crippen molar-refractivity contribution in [3.63, 3.8) is 0 Å². The predicted molar refractivity (Wildman–Crippen MR) is 114 cm³/mol. The first kappa shape index (κ1) is 22.6. The third-order valence-corrected chi connectivity index (χ3v) is 5.01. The summed E-state index contributed by atoms with van der Waals surface area (Å²) in [6, 6.07) is 11.0. The molecule has 0 fully saturated rings. The molecule has 9 heteroatoms. The van der Waals surface area contributed by atoms with Gasteiger partial charge in [0.25, 0.3) is 0 Å². The first-order valence-corrected chi connectivity index (χ1v) is 9.65. The molecule has 0 unspecified atom stereocenters. The van der Waals surface area contributed by atoms with Crippen LogP contribution in [0.1, 0.15) is 16.7 Å². The van der Waals surface area contributed by atoms with E-state index in [4.69, 9.17) is 16.3 Å². The summed E-state index contributed by atoms with van der Waals surface area (Å²) < 4.78 is 47.1. The minimum Gasteiger partial charge on any atom is -0.481 e. The maximum absolute atomic E-state index is 13.4. The Kier molecular flexibility index (Phi) is 6.80. The van der Waals surface area contributed by atoms with E-state index in [0.717, 1.165) is 17.2 Å². The lowest BCUT2D eigenvalue weighted by Gasteiger charge is -2.18. The van der Waals surface area contributed by atoms with Crippen LogP contribution in [0, 0.1) is 6.92 Å². The molecule has 5 nitrogen and oxygen atoms in total. The average molecular weight is 450 g/mol. The Balaban J connectivity index is 2.18. The summed E-state index contributed by atoms with van der Waals surface area (Å²) in [6.45, 7) is 2.22. The molecule has 0 bridgehead atoms. The van der Waals surface area contributed by atoms with E-state index in [1.54, 1.807) is 11.6 Å². The first-order chi connectivity index (χ1) is 14.7. The zero-order valence-corrected chi connectivity index (χ0v) is 17.5. The van der Waals surface area contributed by atoms with Crippen molar-refractivity contribution in [3.8, 4) is 17.1 Å². The topological polar surface area (TPSA) is 56.5 Å². The number of alkyl halides is 3. The van der Waals surface area contributed by atoms with Crippen molar-refractivity contribution in [2.24, 2.45) is 4.99 Å². The van der Waals surface area contributed by atoms with Crippen LogP contribution in [0.5, 0.6) is 5.75 Å². The molecule has 3 aromatic rings. The highest BCUT2D eigenvalue weighted by molar-refractivity contribution is 6.34. The highest BCUT2D eigenvalue weighted by Gasteiger charge is 2.34. The van der Waals surface area contributed by atoms with Crippen LogP contribution in [0.25, 0.3) is 11.4 Å². The van der Waals surface area contributed by atoms with Crippen LogP contribution < -0.4 is 10.3 Å². The SMILES string of the molecule is C/N=C/COc1cn(Cc2ccccc2C)c(-c2cccc(C(F)(F)F)c2Cl)nc1=O. The Hall–Kier alpha value is -3.13. The van der Waals surface area contributed by atoms with E-state index in [-0.39, 0.29) is 30.3 Å². The van der Waals surface area contributed by atoms with Gasteiger partial charge in [-0.3, -0.25) is 9.79 Å². The molecule has 1 aromatic heterocycles. The smallest absolute Gasteiger partial charge is 0.417 e. The van der Waals surface area contributed by atoms with E-state index < -0.39 is 22.3 Å². The van der Waals surface area contributed by atoms with Gasteiger partial charge in [0.1, 0.15) is 12.4 Å². The van der Waals surface area contributed by atoms with Gasteiger partial charge in [-0.2, -0.15) is 18.2 Å². The lowest BCUT2D eigenvalue weighted by molar-refractivity contribution is -0.137. The van der Waals surface area contributed by atoms with Crippen molar-refractivity contribution in [1.82, 2.24) is 9.55 Å². The molecule has 0 atom stereocenters. The van der Waals surface area contributed by atoms with Crippen molar-refractivity contribution >= 4 is 17.8 Å². The molecule has 0 aliphatic rings. The Morgan fingerprint density at radius 1 is 1.19 bits per heavy atom. The molecule has 162 valence electrons. The fourth-order valence-electron chi connectivity index (χ4n) is 3.00. The number of hydrogen-bond donors (Lipinski definition) is 0. The number of rotatable bonds is 6. The van der Waals surface area contributed by atoms with Gasteiger partial charge in [0.05, 0.1) is 16.8 Å². The monoisotopic (exact) mass is 449 g/mol. The van der Waals surface area contributed by atoms with Crippen LogP contribution in [0.2, 0.25) is 5.02 Å². The standard InChI is InChI=1S/C22H19ClF3N3O2/c1-14-6-3-4-7-15(14)12-29-13-18(31-11-10-27-2)21(30)28-20(29)16-8-5-9-17(19(16)23)22(24,25)26/h3-10,13H,11-12H2,1-2H3/b27-10+. The van der Waals surface area contributed by atoms with Gasteiger partial charge in [0, 0.05) is 25.4 Å². The Labute approximate surface area is 181 Å². The van der Waals surface area contributed by atoms with Crippen LogP contribution in [0.3, 0.4) is 0 Å². The number of halogens is 4. The summed E-state index contributed by atoms with van der Waals surface area (Å²) in [4.78, 5) is 20.3. The van der Waals surface area contributed by atoms with E-state index in [0.29, 0.717) is 0 Å². The van der Waals surface area contributed by atoms with Gasteiger partial charge >= 0.3 is 11.7 Å². The summed E-state index contributed by atoms with van der Waals surface area (Å²) in [5.41, 5.74) is 0.168. The fraction of sp³-hybridized carbons (Fsp3) is 0.227. The van der Waals surface area contributed by atoms with E-state index in [2.05, 4.69) is 9.98 Å². The van der Waals surface area contributed by atoms with Gasteiger partial charge in [-0.15, -0.1) is 0 Å². The van der Waals surface area contributed by atoms with Gasteiger partial charge < -0.3 is 9.30 Å². The molecule has 31 heavy (non-hydrogen) atoms. The Morgan fingerprint density at radius 3 is 2.61 bits per heavy atom. The zero-order valence-electron chi connectivity index (χ0n) is 16.8. The predicted octanol–water partition coefficient (Wildman–Crippen LogP) is 5.02. The summed E-state index contributed by atoms with van der Waals surface area (Å²) in [5, 5.41) is -0.521. The Bertz CT molecular complexity index is 1170. The highest BCUT2D eigenvalue weighted by Crippen LogP contribution is 2.39. The first-order valence-electron chi connectivity index (χ1n) is 9.28. The zero-order chi connectivity index (χ0) is 22.6. The number of hydrogen-bond acceptors (Lipinski definition) is 4. The molecule has 1 heterocycles. The van der Waals surface area contributed by atoms with Crippen LogP contribution >= 0.6 is 11.6 Å². The van der Waals surface area contributed by atoms with E-state index >= 15 is 0 Å². The van der Waals surface area contributed by atoms with E-state index in [1.807, 2.05) is 31.2 Å². The fourth-order valence-corrected chi connectivity index (χ4v) is 3.32. The quantitative estimate of drug-likeness (QED) is 0.496. The molecule has 0 saturated carbocycles. The molecular formula is C22H19ClF3N3O2. The van der Waals surface area contributed by atoms with Crippen LogP contribution in [0.4, 0.5) is 13.2 Å². The molecular weight excluding hydrogens is 431 g/mol. The van der Waals surface area contributed by atoms with Crippen LogP contribution in [-0.4, -0.2) is 29.4 Å². The number of nitrogens with zero attached hydrogens (tertiary/aromatic N) is 3. The molecule has 0 N–H and O–H groups in total. The minimum atomic E-state index is -4.64. The number of aliphatic imine (C=N–C) groups is 1. The lowest BCUT2D eigenvalue weighted by Crippen LogP contribution is -2.20. The van der Waals surface area contributed by atoms with Gasteiger partial charge in [0.2, 0.25) is 5.75 Å². The molecule has 0 aliphatic heterocycles. The van der Waals surface area contributed by atoms with E-state index in [9.17, 15) is 18.0 Å². The van der Waals surface area contributed by atoms with Crippen molar-refractivity contribution in [1.29, 1.82) is 0 Å². The molecule has 3 rings (SSSR count). The average Bonchev–Trinajstić information content (AvgIpc) is 2.71. The number of benzene rings is 2. The van der Waals surface area contributed by atoms with Gasteiger partial charge in [-0.1, -0.05) is 41.9 Å². The second kappa shape index (κ2) is 9.34. The van der Waals surface area contributed by atoms with Crippen LogP contribution in [0.15, 0.2) is 58.4 Å². The third-order valence-electron chi connectivity index (χ3n) is 4.61. The van der Waals surface area contributed by atoms with Gasteiger partial charge in [-0.25, -0.2) is 0 Å². The summed E-state index contributed by atoms with van der Waals surface area (Å²) in [5.74, 6) is -0.0267. The second-order valence-electron chi connectivity index (χ2n) is 6.70. The number of ether oxygens (including phenoxy) is 1. The second-order valence-corrected chi connectivity index (χ2v) is 7.08. The van der Waals surface area contributed by atoms with Crippen molar-refractivity contribution in [2.45, 2.75) is 19.6 Å². The highest BCUT2D eigenvalue weighted by atomic mass is 35.5. The van der Waals surface area contributed by atoms with Crippen LogP contribution in [-0.2, 0) is 12.7 Å². The third kappa shape index (κ3) is 5.14. The maximum Gasteiger partial charge on any atom is 0.417 e. The number of aromatic nitrogens is 2. The normalized spacial score (nSPS) is 11.8. The molecule has 0 amide bonds. The summed E-state index contributed by atoms with van der Waals surface area (Å²) >= 11 is 6.10. The lowest BCUT2D eigenvalue weighted by atomic mass is 10.1. The van der Waals surface area contributed by atoms with Gasteiger partial charge in [0.15, 0.2) is 0 Å². The largest absolute Gasteiger partial charge is 0.481 e. The van der Waals surface area contributed by atoms with E-state index in [1.165, 1.54) is 24.5 Å². The summed E-state index contributed by atoms with van der Waals surface area (Å²) in [7, 11) is 1.57. The Morgan fingerprint density at radius 2 is 1.94 bits per heavy atom.